The molecule has 1 heterocycles. The number of benzene rings is 1. The number of carbonyl (C=O) groups excluding carboxylic acids is 2. The maximum absolute atomic E-state index is 12.4. The van der Waals surface area contributed by atoms with Crippen LogP contribution in [0.1, 0.15) is 46.9 Å². The summed E-state index contributed by atoms with van der Waals surface area (Å²) in [5.74, 6) is 0.492. The number of fused-ring (bicyclic) bond motifs is 1. The number of hydrogen-bond acceptors (Lipinski definition) is 5. The van der Waals surface area contributed by atoms with Gasteiger partial charge < -0.3 is 15.8 Å². The van der Waals surface area contributed by atoms with Gasteiger partial charge in [-0.1, -0.05) is 12.1 Å². The van der Waals surface area contributed by atoms with Gasteiger partial charge in [0.1, 0.15) is 5.82 Å². The van der Waals surface area contributed by atoms with Gasteiger partial charge in [-0.3, -0.25) is 9.59 Å². The molecule has 0 bridgehead atoms. The first-order valence-electron chi connectivity index (χ1n) is 9.32. The number of hydrogen-bond donors (Lipinski definition) is 2. The van der Waals surface area contributed by atoms with Gasteiger partial charge in [0.15, 0.2) is 0 Å². The third kappa shape index (κ3) is 5.06. The molecule has 1 aliphatic rings. The molecular formula is C21H25N3O3. The summed E-state index contributed by atoms with van der Waals surface area (Å²) in [5, 5.41) is 2.88. The van der Waals surface area contributed by atoms with Crippen molar-refractivity contribution < 1.29 is 14.3 Å². The van der Waals surface area contributed by atoms with E-state index in [1.54, 1.807) is 6.07 Å². The van der Waals surface area contributed by atoms with Crippen molar-refractivity contribution in [1.82, 2.24) is 10.3 Å². The van der Waals surface area contributed by atoms with Crippen molar-refractivity contribution in [3.05, 3.63) is 58.8 Å². The van der Waals surface area contributed by atoms with Gasteiger partial charge in [0.2, 0.25) is 0 Å². The Morgan fingerprint density at radius 2 is 2.11 bits per heavy atom. The van der Waals surface area contributed by atoms with Crippen molar-refractivity contribution >= 4 is 17.7 Å². The average Bonchev–Trinajstić information content (AvgIpc) is 2.66. The number of nitrogens with one attached hydrogen (secondary N) is 1. The van der Waals surface area contributed by atoms with Crippen LogP contribution >= 0.6 is 0 Å². The Balaban J connectivity index is 1.59. The van der Waals surface area contributed by atoms with Gasteiger partial charge in [0.05, 0.1) is 18.8 Å². The third-order valence-corrected chi connectivity index (χ3v) is 4.82. The number of pyridine rings is 1. The number of ether oxygens (including phenoxy) is 1. The highest BCUT2D eigenvalue weighted by Crippen LogP contribution is 2.28. The quantitative estimate of drug-likeness (QED) is 0.766. The smallest absolute Gasteiger partial charge is 0.306 e. The molecule has 1 aliphatic carbocycles. The van der Waals surface area contributed by atoms with E-state index >= 15 is 0 Å². The zero-order valence-corrected chi connectivity index (χ0v) is 15.5. The van der Waals surface area contributed by atoms with Gasteiger partial charge in [-0.05, 0) is 67.5 Å². The van der Waals surface area contributed by atoms with E-state index in [0.29, 0.717) is 36.9 Å². The Kier molecular flexibility index (Phi) is 6.06. The molecular weight excluding hydrogens is 342 g/mol. The van der Waals surface area contributed by atoms with Gasteiger partial charge in [-0.25, -0.2) is 4.98 Å². The van der Waals surface area contributed by atoms with Crippen LogP contribution in [0, 0.1) is 5.92 Å². The molecule has 1 aromatic heterocycles. The number of anilines is 1. The van der Waals surface area contributed by atoms with Crippen molar-refractivity contribution in [1.29, 1.82) is 0 Å². The molecule has 0 saturated heterocycles. The molecule has 2 aromatic rings. The number of amides is 1. The SMILES string of the molecule is CCOC(=O)CC1CCc2cc(C(=O)NCc3cccc(N)n3)ccc2C1. The maximum atomic E-state index is 12.4. The second-order valence-electron chi connectivity index (χ2n) is 6.84. The lowest BCUT2D eigenvalue weighted by molar-refractivity contribution is -0.144. The number of nitrogen functional groups attached to an aromatic ring is 1. The standard InChI is InChI=1S/C21H25N3O3/c1-2-27-20(25)11-14-6-7-16-12-17(9-8-15(16)10-14)21(26)23-13-18-4-3-5-19(22)24-18/h3-5,8-9,12,14H,2,6-7,10-11,13H2,1H3,(H2,22,24)(H,23,26). The van der Waals surface area contributed by atoms with Crippen LogP contribution in [0.15, 0.2) is 36.4 Å². The minimum Gasteiger partial charge on any atom is -0.466 e. The molecule has 142 valence electrons. The number of carbonyl (C=O) groups is 2. The van der Waals surface area contributed by atoms with E-state index in [4.69, 9.17) is 10.5 Å². The molecule has 1 aromatic carbocycles. The van der Waals surface area contributed by atoms with Crippen LogP contribution in [0.4, 0.5) is 5.82 Å². The fraction of sp³-hybridized carbons (Fsp3) is 0.381. The van der Waals surface area contributed by atoms with Crippen molar-refractivity contribution in [2.24, 2.45) is 5.92 Å². The Morgan fingerprint density at radius 3 is 2.89 bits per heavy atom. The minimum absolute atomic E-state index is 0.128. The van der Waals surface area contributed by atoms with Crippen LogP contribution < -0.4 is 11.1 Å². The van der Waals surface area contributed by atoms with Crippen molar-refractivity contribution in [3.63, 3.8) is 0 Å². The number of esters is 1. The molecule has 27 heavy (non-hydrogen) atoms. The highest BCUT2D eigenvalue weighted by Gasteiger charge is 2.22. The summed E-state index contributed by atoms with van der Waals surface area (Å²) in [6.45, 7) is 2.58. The van der Waals surface area contributed by atoms with E-state index in [9.17, 15) is 9.59 Å². The molecule has 6 nitrogen and oxygen atoms in total. The summed E-state index contributed by atoms with van der Waals surface area (Å²) in [6.07, 6.45) is 3.12. The molecule has 6 heteroatoms. The molecule has 3 rings (SSSR count). The van der Waals surface area contributed by atoms with Crippen LogP contribution in [0.5, 0.6) is 0 Å². The lowest BCUT2D eigenvalue weighted by atomic mass is 9.81. The summed E-state index contributed by atoms with van der Waals surface area (Å²) < 4.78 is 5.05. The maximum Gasteiger partial charge on any atom is 0.306 e. The topological polar surface area (TPSA) is 94.3 Å². The Morgan fingerprint density at radius 1 is 1.26 bits per heavy atom. The summed E-state index contributed by atoms with van der Waals surface area (Å²) in [6, 6.07) is 11.2. The predicted molar refractivity (Wildman–Crippen MR) is 103 cm³/mol. The molecule has 0 spiro atoms. The summed E-state index contributed by atoms with van der Waals surface area (Å²) in [4.78, 5) is 28.3. The fourth-order valence-corrected chi connectivity index (χ4v) is 3.47. The predicted octanol–water partition coefficient (Wildman–Crippen LogP) is 2.65. The molecule has 0 fully saturated rings. The van der Waals surface area contributed by atoms with Crippen LogP contribution in [0.25, 0.3) is 0 Å². The zero-order valence-electron chi connectivity index (χ0n) is 15.5. The van der Waals surface area contributed by atoms with Crippen molar-refractivity contribution in [3.8, 4) is 0 Å². The second-order valence-corrected chi connectivity index (χ2v) is 6.84. The van der Waals surface area contributed by atoms with Crippen LogP contribution in [0.3, 0.4) is 0 Å². The molecule has 0 aliphatic heterocycles. The number of aromatic nitrogens is 1. The van der Waals surface area contributed by atoms with E-state index < -0.39 is 0 Å². The Bertz CT molecular complexity index is 835. The monoisotopic (exact) mass is 367 g/mol. The fourth-order valence-electron chi connectivity index (χ4n) is 3.47. The number of nitrogens with two attached hydrogens (primary N) is 1. The summed E-state index contributed by atoms with van der Waals surface area (Å²) in [5.41, 5.74) is 9.42. The number of aryl methyl sites for hydroxylation is 1. The van der Waals surface area contributed by atoms with Crippen LogP contribution in [0.2, 0.25) is 0 Å². The minimum atomic E-state index is -0.129. The van der Waals surface area contributed by atoms with Gasteiger partial charge in [0, 0.05) is 12.0 Å². The van der Waals surface area contributed by atoms with Crippen LogP contribution in [-0.4, -0.2) is 23.5 Å². The lowest BCUT2D eigenvalue weighted by Crippen LogP contribution is -2.24. The summed E-state index contributed by atoms with van der Waals surface area (Å²) in [7, 11) is 0. The van der Waals surface area contributed by atoms with Gasteiger partial charge in [0.25, 0.3) is 5.91 Å². The van der Waals surface area contributed by atoms with E-state index in [2.05, 4.69) is 10.3 Å². The molecule has 0 saturated carbocycles. The molecule has 3 N–H and O–H groups in total. The Labute approximate surface area is 159 Å². The molecule has 1 unspecified atom stereocenters. The van der Waals surface area contributed by atoms with Gasteiger partial charge in [-0.15, -0.1) is 0 Å². The van der Waals surface area contributed by atoms with Crippen LogP contribution in [-0.2, 0) is 28.9 Å². The highest BCUT2D eigenvalue weighted by molar-refractivity contribution is 5.94. The number of rotatable bonds is 6. The molecule has 1 atom stereocenters. The normalized spacial score (nSPS) is 15.7. The first-order valence-corrected chi connectivity index (χ1v) is 9.32. The molecule has 0 radical (unpaired) electrons. The summed E-state index contributed by atoms with van der Waals surface area (Å²) >= 11 is 0. The van der Waals surface area contributed by atoms with E-state index in [1.807, 2.05) is 37.3 Å². The van der Waals surface area contributed by atoms with Crippen molar-refractivity contribution in [2.75, 3.05) is 12.3 Å². The zero-order chi connectivity index (χ0) is 19.2. The largest absolute Gasteiger partial charge is 0.466 e. The Hall–Kier alpha value is -2.89. The number of nitrogens with zero attached hydrogens (tertiary/aromatic N) is 1. The van der Waals surface area contributed by atoms with E-state index in [-0.39, 0.29) is 11.9 Å². The highest BCUT2D eigenvalue weighted by atomic mass is 16.5. The first kappa shape index (κ1) is 18.9. The average molecular weight is 367 g/mol. The van der Waals surface area contributed by atoms with Crippen molar-refractivity contribution in [2.45, 2.75) is 39.2 Å². The van der Waals surface area contributed by atoms with Gasteiger partial charge >= 0.3 is 5.97 Å². The lowest BCUT2D eigenvalue weighted by Gasteiger charge is -2.24. The molecule has 1 amide bonds. The van der Waals surface area contributed by atoms with E-state index in [0.717, 1.165) is 25.0 Å². The first-order chi connectivity index (χ1) is 13.0. The second kappa shape index (κ2) is 8.66. The van der Waals surface area contributed by atoms with E-state index in [1.165, 1.54) is 11.1 Å². The van der Waals surface area contributed by atoms with Gasteiger partial charge in [-0.2, -0.15) is 0 Å². The third-order valence-electron chi connectivity index (χ3n) is 4.82.